The van der Waals surface area contributed by atoms with Crippen molar-refractivity contribution in [1.29, 1.82) is 0 Å². The minimum absolute atomic E-state index is 0.745. The predicted molar refractivity (Wildman–Crippen MR) is 67.3 cm³/mol. The van der Waals surface area contributed by atoms with Gasteiger partial charge in [0.05, 0.1) is 0 Å². The van der Waals surface area contributed by atoms with Gasteiger partial charge in [-0.25, -0.2) is 0 Å². The Balaban J connectivity index is 2.22. The second-order valence-electron chi connectivity index (χ2n) is 4.73. The van der Waals surface area contributed by atoms with Crippen molar-refractivity contribution in [2.45, 2.75) is 65.0 Å². The van der Waals surface area contributed by atoms with Gasteiger partial charge in [-0.1, -0.05) is 27.2 Å². The standard InChI is InChI=1S/C13H28N2/c1-4-8-12(5-2)14-11-13-9-7-10-15(13)6-3/h12-14H,4-11H2,1-3H3. The molecule has 1 heterocycles. The first-order valence-electron chi connectivity index (χ1n) is 6.79. The quantitative estimate of drug-likeness (QED) is 0.698. The topological polar surface area (TPSA) is 15.3 Å². The average Bonchev–Trinajstić information content (AvgIpc) is 2.71. The van der Waals surface area contributed by atoms with Crippen LogP contribution in [-0.4, -0.2) is 36.6 Å². The maximum Gasteiger partial charge on any atom is 0.0221 e. The van der Waals surface area contributed by atoms with Crippen LogP contribution in [0.4, 0.5) is 0 Å². The van der Waals surface area contributed by atoms with E-state index in [-0.39, 0.29) is 0 Å². The van der Waals surface area contributed by atoms with Crippen LogP contribution in [0.15, 0.2) is 0 Å². The molecule has 0 aromatic heterocycles. The van der Waals surface area contributed by atoms with Crippen LogP contribution in [0.3, 0.4) is 0 Å². The third-order valence-electron chi connectivity index (χ3n) is 3.68. The molecule has 0 bridgehead atoms. The summed E-state index contributed by atoms with van der Waals surface area (Å²) in [6, 6.07) is 1.55. The summed E-state index contributed by atoms with van der Waals surface area (Å²) in [4.78, 5) is 2.62. The Morgan fingerprint density at radius 1 is 1.33 bits per heavy atom. The van der Waals surface area contributed by atoms with E-state index < -0.39 is 0 Å². The van der Waals surface area contributed by atoms with E-state index in [2.05, 4.69) is 31.0 Å². The molecule has 1 N–H and O–H groups in total. The second-order valence-corrected chi connectivity index (χ2v) is 4.73. The molecule has 1 saturated heterocycles. The van der Waals surface area contributed by atoms with Crippen LogP contribution in [0.1, 0.15) is 52.9 Å². The zero-order valence-electron chi connectivity index (χ0n) is 10.8. The Morgan fingerprint density at radius 3 is 2.73 bits per heavy atom. The van der Waals surface area contributed by atoms with Gasteiger partial charge in [-0.3, -0.25) is 4.90 Å². The monoisotopic (exact) mass is 212 g/mol. The molecule has 15 heavy (non-hydrogen) atoms. The number of nitrogens with one attached hydrogen (secondary N) is 1. The number of hydrogen-bond acceptors (Lipinski definition) is 2. The van der Waals surface area contributed by atoms with Gasteiger partial charge in [-0.2, -0.15) is 0 Å². The number of likely N-dealkylation sites (N-methyl/N-ethyl adjacent to an activating group) is 1. The highest BCUT2D eigenvalue weighted by atomic mass is 15.2. The van der Waals surface area contributed by atoms with E-state index in [1.54, 1.807) is 0 Å². The van der Waals surface area contributed by atoms with Crippen LogP contribution >= 0.6 is 0 Å². The Morgan fingerprint density at radius 2 is 2.13 bits per heavy atom. The van der Waals surface area contributed by atoms with Crippen LogP contribution < -0.4 is 5.32 Å². The van der Waals surface area contributed by atoms with Crippen LogP contribution in [0.5, 0.6) is 0 Å². The first-order valence-corrected chi connectivity index (χ1v) is 6.79. The Hall–Kier alpha value is -0.0800. The van der Waals surface area contributed by atoms with Gasteiger partial charge in [0.15, 0.2) is 0 Å². The molecule has 1 fully saturated rings. The Labute approximate surface area is 95.4 Å². The van der Waals surface area contributed by atoms with Gasteiger partial charge in [-0.15, -0.1) is 0 Å². The summed E-state index contributed by atoms with van der Waals surface area (Å²) in [5.41, 5.74) is 0. The van der Waals surface area contributed by atoms with Gasteiger partial charge in [0.25, 0.3) is 0 Å². The first kappa shape index (κ1) is 13.0. The lowest BCUT2D eigenvalue weighted by atomic mass is 10.1. The molecule has 1 aliphatic heterocycles. The number of hydrogen-bond donors (Lipinski definition) is 1. The van der Waals surface area contributed by atoms with Gasteiger partial charge in [0.2, 0.25) is 0 Å². The molecule has 0 amide bonds. The SMILES string of the molecule is CCCC(CC)NCC1CCCN1CC. The average molecular weight is 212 g/mol. The number of rotatable bonds is 7. The van der Waals surface area contributed by atoms with E-state index in [9.17, 15) is 0 Å². The maximum atomic E-state index is 3.73. The fraction of sp³-hybridized carbons (Fsp3) is 1.00. The van der Waals surface area contributed by atoms with Crippen LogP contribution in [0.2, 0.25) is 0 Å². The smallest absolute Gasteiger partial charge is 0.0221 e. The van der Waals surface area contributed by atoms with Crippen molar-refractivity contribution in [3.63, 3.8) is 0 Å². The zero-order chi connectivity index (χ0) is 11.1. The van der Waals surface area contributed by atoms with Crippen molar-refractivity contribution in [3.8, 4) is 0 Å². The predicted octanol–water partition coefficient (Wildman–Crippen LogP) is 2.64. The lowest BCUT2D eigenvalue weighted by molar-refractivity contribution is 0.251. The van der Waals surface area contributed by atoms with E-state index >= 15 is 0 Å². The highest BCUT2D eigenvalue weighted by Gasteiger charge is 2.22. The van der Waals surface area contributed by atoms with E-state index in [1.165, 1.54) is 51.7 Å². The summed E-state index contributed by atoms with van der Waals surface area (Å²) in [5, 5.41) is 3.73. The summed E-state index contributed by atoms with van der Waals surface area (Å²) in [5.74, 6) is 0. The molecule has 2 atom stereocenters. The van der Waals surface area contributed by atoms with Gasteiger partial charge >= 0.3 is 0 Å². The van der Waals surface area contributed by atoms with E-state index in [4.69, 9.17) is 0 Å². The minimum Gasteiger partial charge on any atom is -0.312 e. The fourth-order valence-corrected chi connectivity index (χ4v) is 2.64. The molecule has 0 saturated carbocycles. The van der Waals surface area contributed by atoms with Crippen molar-refractivity contribution >= 4 is 0 Å². The molecule has 2 nitrogen and oxygen atoms in total. The van der Waals surface area contributed by atoms with Crippen molar-refractivity contribution < 1.29 is 0 Å². The number of nitrogens with zero attached hydrogens (tertiary/aromatic N) is 1. The molecule has 0 radical (unpaired) electrons. The lowest BCUT2D eigenvalue weighted by Gasteiger charge is -2.25. The van der Waals surface area contributed by atoms with Gasteiger partial charge in [0.1, 0.15) is 0 Å². The summed E-state index contributed by atoms with van der Waals surface area (Å²) in [6.07, 6.45) is 6.68. The van der Waals surface area contributed by atoms with E-state index in [0.29, 0.717) is 0 Å². The molecular formula is C13H28N2. The second kappa shape index (κ2) is 7.24. The van der Waals surface area contributed by atoms with Crippen LogP contribution in [0.25, 0.3) is 0 Å². The first-order chi connectivity index (χ1) is 7.31. The third-order valence-corrected chi connectivity index (χ3v) is 3.68. The summed E-state index contributed by atoms with van der Waals surface area (Å²) in [7, 11) is 0. The van der Waals surface area contributed by atoms with Crippen molar-refractivity contribution in [1.82, 2.24) is 10.2 Å². The van der Waals surface area contributed by atoms with Crippen molar-refractivity contribution in [2.75, 3.05) is 19.6 Å². The summed E-state index contributed by atoms with van der Waals surface area (Å²) >= 11 is 0. The molecule has 90 valence electrons. The Kier molecular flexibility index (Phi) is 6.26. The molecule has 0 aromatic rings. The molecule has 2 unspecified atom stereocenters. The van der Waals surface area contributed by atoms with Crippen molar-refractivity contribution in [2.24, 2.45) is 0 Å². The number of likely N-dealkylation sites (tertiary alicyclic amines) is 1. The summed E-state index contributed by atoms with van der Waals surface area (Å²) < 4.78 is 0. The highest BCUT2D eigenvalue weighted by molar-refractivity contribution is 4.81. The lowest BCUT2D eigenvalue weighted by Crippen LogP contribution is -2.41. The molecule has 1 rings (SSSR count). The van der Waals surface area contributed by atoms with E-state index in [0.717, 1.165) is 12.1 Å². The Bertz CT molecular complexity index is 159. The van der Waals surface area contributed by atoms with Gasteiger partial charge in [-0.05, 0) is 38.8 Å². The van der Waals surface area contributed by atoms with Crippen LogP contribution in [-0.2, 0) is 0 Å². The van der Waals surface area contributed by atoms with Crippen molar-refractivity contribution in [3.05, 3.63) is 0 Å². The van der Waals surface area contributed by atoms with Crippen LogP contribution in [0, 0.1) is 0 Å². The maximum absolute atomic E-state index is 3.73. The molecule has 0 aliphatic carbocycles. The molecular weight excluding hydrogens is 184 g/mol. The minimum atomic E-state index is 0.745. The van der Waals surface area contributed by atoms with Gasteiger partial charge in [0, 0.05) is 18.6 Å². The van der Waals surface area contributed by atoms with Gasteiger partial charge < -0.3 is 5.32 Å². The molecule has 2 heteroatoms. The molecule has 0 aromatic carbocycles. The highest BCUT2D eigenvalue weighted by Crippen LogP contribution is 2.16. The zero-order valence-corrected chi connectivity index (χ0v) is 10.8. The summed E-state index contributed by atoms with van der Waals surface area (Å²) in [6.45, 7) is 10.6. The van der Waals surface area contributed by atoms with E-state index in [1.807, 2.05) is 0 Å². The molecule has 1 aliphatic rings. The third kappa shape index (κ3) is 4.12. The normalized spacial score (nSPS) is 24.6. The largest absolute Gasteiger partial charge is 0.312 e. The fourth-order valence-electron chi connectivity index (χ4n) is 2.64. The molecule has 0 spiro atoms.